The maximum absolute atomic E-state index is 12.3. The highest BCUT2D eigenvalue weighted by molar-refractivity contribution is 7.10. The van der Waals surface area contributed by atoms with Crippen molar-refractivity contribution in [3.05, 3.63) is 22.4 Å². The summed E-state index contributed by atoms with van der Waals surface area (Å²) in [6.07, 6.45) is 1.50. The molecule has 0 saturated carbocycles. The monoisotopic (exact) mass is 325 g/mol. The lowest BCUT2D eigenvalue weighted by Gasteiger charge is -2.36. The van der Waals surface area contributed by atoms with Crippen LogP contribution in [0.1, 0.15) is 23.8 Å². The molecule has 1 aliphatic heterocycles. The maximum Gasteiger partial charge on any atom is 0.222 e. The van der Waals surface area contributed by atoms with Crippen molar-refractivity contribution in [1.29, 1.82) is 0 Å². The van der Waals surface area contributed by atoms with Crippen molar-refractivity contribution in [2.45, 2.75) is 18.9 Å². The lowest BCUT2D eigenvalue weighted by Crippen LogP contribution is -2.44. The Kier molecular flexibility index (Phi) is 7.32. The van der Waals surface area contributed by atoms with E-state index in [0.29, 0.717) is 6.42 Å². The van der Waals surface area contributed by atoms with E-state index in [1.807, 2.05) is 19.0 Å². The van der Waals surface area contributed by atoms with Crippen LogP contribution in [0.3, 0.4) is 0 Å². The zero-order valence-corrected chi connectivity index (χ0v) is 14.4. The Hall–Kier alpha value is -0.950. The Morgan fingerprint density at radius 2 is 2.27 bits per heavy atom. The second kappa shape index (κ2) is 9.25. The van der Waals surface area contributed by atoms with Gasteiger partial charge in [0, 0.05) is 38.0 Å². The van der Waals surface area contributed by atoms with Gasteiger partial charge in [-0.15, -0.1) is 11.3 Å². The maximum atomic E-state index is 12.3. The number of carbonyl (C=O) groups is 1. The van der Waals surface area contributed by atoms with E-state index in [1.54, 1.807) is 11.3 Å². The first kappa shape index (κ1) is 17.4. The quantitative estimate of drug-likeness (QED) is 0.737. The van der Waals surface area contributed by atoms with Gasteiger partial charge in [0.05, 0.1) is 19.3 Å². The number of amides is 1. The van der Waals surface area contributed by atoms with Gasteiger partial charge in [0.15, 0.2) is 0 Å². The minimum absolute atomic E-state index is 0.227. The smallest absolute Gasteiger partial charge is 0.222 e. The second-order valence-electron chi connectivity index (χ2n) is 5.66. The molecule has 0 bridgehead atoms. The molecule has 1 aromatic heterocycles. The predicted octanol–water partition coefficient (Wildman–Crippen LogP) is 1.58. The Morgan fingerprint density at radius 3 is 2.91 bits per heavy atom. The van der Waals surface area contributed by atoms with E-state index in [2.05, 4.69) is 27.7 Å². The Labute approximate surface area is 137 Å². The van der Waals surface area contributed by atoms with E-state index in [-0.39, 0.29) is 11.9 Å². The topological polar surface area (TPSA) is 44.8 Å². The van der Waals surface area contributed by atoms with Gasteiger partial charge in [-0.05, 0) is 31.5 Å². The van der Waals surface area contributed by atoms with Crippen molar-refractivity contribution in [2.24, 2.45) is 0 Å². The minimum atomic E-state index is 0.227. The van der Waals surface area contributed by atoms with Crippen LogP contribution in [-0.4, -0.2) is 69.2 Å². The fourth-order valence-electron chi connectivity index (χ4n) is 2.72. The molecule has 0 aromatic carbocycles. The van der Waals surface area contributed by atoms with Crippen LogP contribution in [0.5, 0.6) is 0 Å². The molecule has 6 heteroatoms. The summed E-state index contributed by atoms with van der Waals surface area (Å²) in [5.74, 6) is 0.227. The summed E-state index contributed by atoms with van der Waals surface area (Å²) in [5, 5.41) is 5.19. The van der Waals surface area contributed by atoms with Gasteiger partial charge >= 0.3 is 0 Å². The highest BCUT2D eigenvalue weighted by Crippen LogP contribution is 2.26. The molecular weight excluding hydrogens is 298 g/mol. The summed E-state index contributed by atoms with van der Waals surface area (Å²) < 4.78 is 5.46. The molecule has 1 aliphatic rings. The number of hydrogen-bond donors (Lipinski definition) is 1. The molecule has 2 heterocycles. The van der Waals surface area contributed by atoms with E-state index in [0.717, 1.165) is 45.8 Å². The summed E-state index contributed by atoms with van der Waals surface area (Å²) in [4.78, 5) is 17.9. The second-order valence-corrected chi connectivity index (χ2v) is 6.64. The van der Waals surface area contributed by atoms with Crippen LogP contribution in [0.15, 0.2) is 17.5 Å². The third-order valence-corrected chi connectivity index (χ3v) is 5.02. The van der Waals surface area contributed by atoms with E-state index in [1.165, 1.54) is 4.88 Å². The largest absolute Gasteiger partial charge is 0.379 e. The van der Waals surface area contributed by atoms with Crippen molar-refractivity contribution in [3.63, 3.8) is 0 Å². The summed E-state index contributed by atoms with van der Waals surface area (Å²) in [6, 6.07) is 4.54. The number of nitrogens with zero attached hydrogens (tertiary/aromatic N) is 2. The van der Waals surface area contributed by atoms with Crippen LogP contribution in [0.4, 0.5) is 0 Å². The zero-order valence-electron chi connectivity index (χ0n) is 13.6. The third-order valence-electron chi connectivity index (χ3n) is 4.05. The molecule has 5 nitrogen and oxygen atoms in total. The average Bonchev–Trinajstić information content (AvgIpc) is 3.07. The normalized spacial score (nSPS) is 17.4. The molecule has 1 atom stereocenters. The molecule has 0 radical (unpaired) electrons. The predicted molar refractivity (Wildman–Crippen MR) is 90.2 cm³/mol. The van der Waals surface area contributed by atoms with Crippen molar-refractivity contribution in [1.82, 2.24) is 15.1 Å². The molecule has 2 rings (SSSR count). The molecule has 0 spiro atoms. The van der Waals surface area contributed by atoms with Gasteiger partial charge in [-0.25, -0.2) is 0 Å². The first-order valence-electron chi connectivity index (χ1n) is 7.96. The molecular formula is C16H27N3O2S. The molecule has 1 unspecified atom stereocenters. The molecule has 1 amide bonds. The highest BCUT2D eigenvalue weighted by Gasteiger charge is 2.25. The standard InChI is InChI=1S/C16H27N3O2S/c1-17-7-3-6-16(20)18(2)13-14(15-5-4-12-22-15)19-8-10-21-11-9-19/h4-5,12,14,17H,3,6-11,13H2,1-2H3. The molecule has 1 fully saturated rings. The minimum Gasteiger partial charge on any atom is -0.379 e. The first-order valence-corrected chi connectivity index (χ1v) is 8.84. The molecule has 1 aromatic rings. The summed E-state index contributed by atoms with van der Waals surface area (Å²) >= 11 is 1.77. The Morgan fingerprint density at radius 1 is 1.50 bits per heavy atom. The first-order chi connectivity index (χ1) is 10.7. The summed E-state index contributed by atoms with van der Waals surface area (Å²) in [7, 11) is 3.84. The number of morpholine rings is 1. The molecule has 1 N–H and O–H groups in total. The van der Waals surface area contributed by atoms with Gasteiger partial charge in [-0.3, -0.25) is 9.69 Å². The summed E-state index contributed by atoms with van der Waals surface area (Å²) in [5.41, 5.74) is 0. The van der Waals surface area contributed by atoms with E-state index in [9.17, 15) is 4.79 Å². The number of nitrogens with one attached hydrogen (secondary N) is 1. The van der Waals surface area contributed by atoms with Crippen molar-refractivity contribution in [3.8, 4) is 0 Å². The molecule has 1 saturated heterocycles. The Balaban J connectivity index is 1.95. The number of rotatable bonds is 8. The van der Waals surface area contributed by atoms with Gasteiger partial charge in [-0.2, -0.15) is 0 Å². The molecule has 22 heavy (non-hydrogen) atoms. The number of hydrogen-bond acceptors (Lipinski definition) is 5. The van der Waals surface area contributed by atoms with E-state index >= 15 is 0 Å². The van der Waals surface area contributed by atoms with Gasteiger partial charge in [0.1, 0.15) is 0 Å². The van der Waals surface area contributed by atoms with Gasteiger partial charge in [0.25, 0.3) is 0 Å². The lowest BCUT2D eigenvalue weighted by molar-refractivity contribution is -0.131. The van der Waals surface area contributed by atoms with Crippen LogP contribution in [0, 0.1) is 0 Å². The number of ether oxygens (including phenoxy) is 1. The summed E-state index contributed by atoms with van der Waals surface area (Å²) in [6.45, 7) is 5.06. The van der Waals surface area contributed by atoms with Gasteiger partial charge in [-0.1, -0.05) is 6.07 Å². The number of carbonyl (C=O) groups excluding carboxylic acids is 1. The Bertz CT molecular complexity index is 433. The van der Waals surface area contributed by atoms with Crippen molar-refractivity contribution < 1.29 is 9.53 Å². The van der Waals surface area contributed by atoms with E-state index < -0.39 is 0 Å². The van der Waals surface area contributed by atoms with Crippen LogP contribution in [-0.2, 0) is 9.53 Å². The number of likely N-dealkylation sites (N-methyl/N-ethyl adjacent to an activating group) is 1. The van der Waals surface area contributed by atoms with Crippen molar-refractivity contribution in [2.75, 3.05) is 53.5 Å². The average molecular weight is 325 g/mol. The zero-order chi connectivity index (χ0) is 15.8. The van der Waals surface area contributed by atoms with E-state index in [4.69, 9.17) is 4.74 Å². The third kappa shape index (κ3) is 5.05. The van der Waals surface area contributed by atoms with Gasteiger partial charge in [0.2, 0.25) is 5.91 Å². The lowest BCUT2D eigenvalue weighted by atomic mass is 10.1. The SMILES string of the molecule is CNCCCC(=O)N(C)CC(c1cccs1)N1CCOCC1. The number of thiophene rings is 1. The highest BCUT2D eigenvalue weighted by atomic mass is 32.1. The van der Waals surface area contributed by atoms with Crippen molar-refractivity contribution >= 4 is 17.2 Å². The molecule has 0 aliphatic carbocycles. The fraction of sp³-hybridized carbons (Fsp3) is 0.688. The van der Waals surface area contributed by atoms with Gasteiger partial charge < -0.3 is 15.0 Å². The van der Waals surface area contributed by atoms with Crippen LogP contribution in [0.2, 0.25) is 0 Å². The molecule has 124 valence electrons. The van der Waals surface area contributed by atoms with Crippen LogP contribution in [0.25, 0.3) is 0 Å². The fourth-order valence-corrected chi connectivity index (χ4v) is 3.58. The van der Waals surface area contributed by atoms with Crippen LogP contribution < -0.4 is 5.32 Å². The van der Waals surface area contributed by atoms with Crippen LogP contribution >= 0.6 is 11.3 Å².